The predicted molar refractivity (Wildman–Crippen MR) is 111 cm³/mol. The quantitative estimate of drug-likeness (QED) is 0.487. The first-order valence-corrected chi connectivity index (χ1v) is 13.9. The van der Waals surface area contributed by atoms with Crippen LogP contribution in [0.15, 0.2) is 0 Å². The van der Waals surface area contributed by atoms with Crippen LogP contribution < -0.4 is 0 Å². The molecule has 29 heavy (non-hydrogen) atoms. The monoisotopic (exact) mass is 448 g/mol. The first-order valence-electron chi connectivity index (χ1n) is 11.0. The largest absolute Gasteiger partial charge is 0.387 e. The zero-order chi connectivity index (χ0) is 21.0. The summed E-state index contributed by atoms with van der Waals surface area (Å²) in [4.78, 5) is 12.8. The number of fused-ring (bicyclic) bond motifs is 5. The zero-order valence-electron chi connectivity index (χ0n) is 17.1. The number of ketones is 1. The lowest BCUT2D eigenvalue weighted by atomic mass is 9.49. The molecule has 4 aliphatic carbocycles. The third kappa shape index (κ3) is 4.03. The molecule has 0 amide bonds. The molecule has 8 heteroatoms. The normalized spacial score (nSPS) is 47.2. The molecule has 0 spiro atoms. The van der Waals surface area contributed by atoms with Crippen molar-refractivity contribution in [2.75, 3.05) is 12.4 Å². The van der Waals surface area contributed by atoms with Gasteiger partial charge in [-0.15, -0.1) is 0 Å². The second-order valence-electron chi connectivity index (χ2n) is 10.4. The Kier molecular flexibility index (Phi) is 5.89. The van der Waals surface area contributed by atoms with Crippen molar-refractivity contribution in [3.63, 3.8) is 0 Å². The van der Waals surface area contributed by atoms with Crippen molar-refractivity contribution in [3.8, 4) is 0 Å². The molecule has 0 heterocycles. The van der Waals surface area contributed by atoms with Crippen LogP contribution in [0.1, 0.15) is 64.7 Å². The number of carbonyl (C=O) groups is 1. The van der Waals surface area contributed by atoms with E-state index in [1.54, 1.807) is 0 Å². The smallest absolute Gasteiger partial charge is 0.320 e. The van der Waals surface area contributed by atoms with Crippen molar-refractivity contribution in [2.45, 2.75) is 70.3 Å². The van der Waals surface area contributed by atoms with Crippen LogP contribution in [0.5, 0.6) is 0 Å². The number of carbonyl (C=O) groups excluding carboxylic acids is 1. The number of halogens is 1. The number of Topliss-reactive ketones (excluding diaryl/α,β-unsaturated/α-hetero) is 1. The lowest BCUT2D eigenvalue weighted by Crippen LogP contribution is -2.52. The molecule has 0 aromatic heterocycles. The summed E-state index contributed by atoms with van der Waals surface area (Å²) in [5.74, 6) is 2.31. The molecule has 0 aliphatic heterocycles. The molecule has 8 atom stereocenters. The molecule has 2 N–H and O–H groups in total. The molecule has 0 aromatic carbocycles. The summed E-state index contributed by atoms with van der Waals surface area (Å²) in [5.41, 5.74) is -1.20. The Labute approximate surface area is 176 Å². The molecule has 0 unspecified atom stereocenters. The summed E-state index contributed by atoms with van der Waals surface area (Å²) in [5, 5.41) is 10.4. The Morgan fingerprint density at radius 2 is 1.79 bits per heavy atom. The highest BCUT2D eigenvalue weighted by Crippen LogP contribution is 2.64. The molecule has 0 bridgehead atoms. The first-order chi connectivity index (χ1) is 13.6. The van der Waals surface area contributed by atoms with Gasteiger partial charge in [0.25, 0.3) is 0 Å². The molecule has 4 fully saturated rings. The van der Waals surface area contributed by atoms with Crippen LogP contribution in [0.25, 0.3) is 0 Å². The maximum atomic E-state index is 13.3. The van der Waals surface area contributed by atoms with Gasteiger partial charge in [0.15, 0.2) is 0 Å². The Morgan fingerprint density at radius 3 is 2.48 bits per heavy atom. The van der Waals surface area contributed by atoms with E-state index in [4.69, 9.17) is 4.55 Å². The fourth-order valence-electron chi connectivity index (χ4n) is 7.85. The van der Waals surface area contributed by atoms with Crippen LogP contribution in [-0.4, -0.2) is 41.9 Å². The van der Waals surface area contributed by atoms with E-state index in [2.05, 4.69) is 6.92 Å². The Hall–Kier alpha value is -0.180. The van der Waals surface area contributed by atoms with E-state index in [-0.39, 0.29) is 22.9 Å². The van der Waals surface area contributed by atoms with E-state index in [1.165, 1.54) is 0 Å². The summed E-state index contributed by atoms with van der Waals surface area (Å²) in [7, 11) is -3.86. The van der Waals surface area contributed by atoms with Crippen molar-refractivity contribution < 1.29 is 27.3 Å². The van der Waals surface area contributed by atoms with Crippen LogP contribution in [0.3, 0.4) is 0 Å². The van der Waals surface area contributed by atoms with Gasteiger partial charge < -0.3 is 5.11 Å². The highest BCUT2D eigenvalue weighted by atomic mass is 33.1. The van der Waals surface area contributed by atoms with Crippen molar-refractivity contribution in [3.05, 3.63) is 0 Å². The Balaban J connectivity index is 1.46. The third-order valence-corrected chi connectivity index (χ3v) is 11.0. The van der Waals surface area contributed by atoms with Crippen LogP contribution in [0, 0.1) is 40.9 Å². The second-order valence-corrected chi connectivity index (χ2v) is 13.7. The summed E-state index contributed by atoms with van der Waals surface area (Å²) in [6.45, 7) is 1.58. The maximum Gasteiger partial charge on any atom is 0.320 e. The fraction of sp³-hybridized carbons (Fsp3) is 0.952. The van der Waals surface area contributed by atoms with Crippen molar-refractivity contribution in [1.82, 2.24) is 0 Å². The van der Waals surface area contributed by atoms with E-state index in [0.717, 1.165) is 44.9 Å². The molecule has 0 saturated heterocycles. The summed E-state index contributed by atoms with van der Waals surface area (Å²) < 4.78 is 44.3. The molecule has 4 aliphatic rings. The lowest BCUT2D eigenvalue weighted by Gasteiger charge is -2.56. The summed E-state index contributed by atoms with van der Waals surface area (Å²) in [6.07, 6.45) is 8.05. The standard InChI is InChI=1S/C21H33FO5S2/c1-20-8-6-15-14-7-9-21(24,12-22)10-13(14)2-3-16(15)17(20)4-5-18(20)19(23)11-28-29(25,26)27/h13-18,24H,2-12H2,1H3,(H,25,26,27)/t13-,14+,15-,16-,17+,18-,20+,21+/m1/s1. The van der Waals surface area contributed by atoms with Gasteiger partial charge in [-0.1, -0.05) is 6.92 Å². The molecule has 5 nitrogen and oxygen atoms in total. The van der Waals surface area contributed by atoms with E-state index < -0.39 is 21.4 Å². The van der Waals surface area contributed by atoms with E-state index >= 15 is 0 Å². The van der Waals surface area contributed by atoms with Gasteiger partial charge in [-0.05, 0) is 92.8 Å². The molecule has 4 saturated carbocycles. The second kappa shape index (κ2) is 7.75. The van der Waals surface area contributed by atoms with Gasteiger partial charge in [0.2, 0.25) is 0 Å². The topological polar surface area (TPSA) is 91.7 Å². The van der Waals surface area contributed by atoms with Crippen LogP contribution in [0.4, 0.5) is 4.39 Å². The zero-order valence-corrected chi connectivity index (χ0v) is 18.7. The van der Waals surface area contributed by atoms with E-state index in [1.807, 2.05) is 0 Å². The molecule has 0 radical (unpaired) electrons. The average Bonchev–Trinajstić information content (AvgIpc) is 3.02. The molecular weight excluding hydrogens is 415 g/mol. The minimum atomic E-state index is -4.19. The van der Waals surface area contributed by atoms with Crippen molar-refractivity contribution in [2.24, 2.45) is 40.9 Å². The highest BCUT2D eigenvalue weighted by molar-refractivity contribution is 8.70. The number of alkyl halides is 1. The molecule has 0 aromatic rings. The van der Waals surface area contributed by atoms with Crippen molar-refractivity contribution in [1.29, 1.82) is 0 Å². The summed E-state index contributed by atoms with van der Waals surface area (Å²) >= 11 is 0. The number of hydrogen-bond donors (Lipinski definition) is 2. The third-order valence-electron chi connectivity index (χ3n) is 9.09. The molecule has 166 valence electrons. The van der Waals surface area contributed by atoms with Gasteiger partial charge in [0.1, 0.15) is 12.5 Å². The Morgan fingerprint density at radius 1 is 1.07 bits per heavy atom. The minimum Gasteiger partial charge on any atom is -0.387 e. The van der Waals surface area contributed by atoms with Gasteiger partial charge in [-0.25, -0.2) is 4.39 Å². The summed E-state index contributed by atoms with van der Waals surface area (Å²) in [6, 6.07) is 0. The van der Waals surface area contributed by atoms with Crippen LogP contribution >= 0.6 is 10.8 Å². The van der Waals surface area contributed by atoms with Gasteiger partial charge in [0, 0.05) is 16.7 Å². The fourth-order valence-corrected chi connectivity index (χ4v) is 9.11. The van der Waals surface area contributed by atoms with Gasteiger partial charge in [0.05, 0.1) is 11.4 Å². The van der Waals surface area contributed by atoms with Gasteiger partial charge >= 0.3 is 9.15 Å². The van der Waals surface area contributed by atoms with E-state index in [0.29, 0.717) is 53.2 Å². The average molecular weight is 449 g/mol. The van der Waals surface area contributed by atoms with Crippen molar-refractivity contribution >= 4 is 25.7 Å². The molecular formula is C21H33FO5S2. The number of hydrogen-bond acceptors (Lipinski definition) is 5. The van der Waals surface area contributed by atoms with Gasteiger partial charge in [-0.2, -0.15) is 8.42 Å². The predicted octanol–water partition coefficient (Wildman–Crippen LogP) is 4.06. The number of rotatable bonds is 5. The SMILES string of the molecule is C[C@]12CC[C@H]3[C@@H](CC[C@@H]4C[C@](O)(CF)CC[C@@H]43)[C@@H]1CC[C@@H]2C(=O)CSS(=O)(=O)O. The minimum absolute atomic E-state index is 0.0459. The Bertz CT molecular complexity index is 758. The van der Waals surface area contributed by atoms with Gasteiger partial charge in [-0.3, -0.25) is 9.35 Å². The first kappa shape index (κ1) is 22.0. The molecule has 4 rings (SSSR count). The van der Waals surface area contributed by atoms with Crippen LogP contribution in [-0.2, 0) is 13.9 Å². The number of aliphatic hydroxyl groups is 1. The van der Waals surface area contributed by atoms with Crippen LogP contribution in [0.2, 0.25) is 0 Å². The lowest BCUT2D eigenvalue weighted by molar-refractivity contribution is -0.131. The highest BCUT2D eigenvalue weighted by Gasteiger charge is 2.59. The van der Waals surface area contributed by atoms with E-state index in [9.17, 15) is 22.7 Å². The maximum absolute atomic E-state index is 13.3.